The highest BCUT2D eigenvalue weighted by molar-refractivity contribution is 14.1. The lowest BCUT2D eigenvalue weighted by molar-refractivity contribution is -0.139. The molecule has 0 aliphatic carbocycles. The molecule has 0 bridgehead atoms. The SMILES string of the molecule is CI.COC(=O)/C=C/C(=O)O.COC(=O)/C=C/C(=O)OCCCCCN1CCOCC1.I.OCCCCCN1CCOCC1. The van der Waals surface area contributed by atoms with Gasteiger partial charge in [-0.1, -0.05) is 22.6 Å². The van der Waals surface area contributed by atoms with Crippen molar-refractivity contribution in [2.45, 2.75) is 38.5 Å². The van der Waals surface area contributed by atoms with E-state index in [1.54, 1.807) is 0 Å². The number of aliphatic hydroxyl groups excluding tert-OH is 1. The van der Waals surface area contributed by atoms with E-state index in [-0.39, 0.29) is 24.0 Å². The monoisotopic (exact) mass is 858 g/mol. The number of carboxylic acids is 1. The average molecular weight is 859 g/mol. The van der Waals surface area contributed by atoms with Crippen molar-refractivity contribution in [3.8, 4) is 0 Å². The van der Waals surface area contributed by atoms with Crippen LogP contribution in [-0.4, -0.2) is 142 Å². The molecule has 0 aromatic carbocycles. The molecular weight excluding hydrogens is 806 g/mol. The number of aliphatic carboxylic acids is 1. The second kappa shape index (κ2) is 36.1. The standard InChI is InChI=1S/C14H23NO5.C9H19NO2.C5H6O4.CH3I.HI/c1-18-13(16)5-6-14(17)20-10-4-2-3-7-15-8-11-19-12-9-15;11-7-3-1-2-4-10-5-8-12-9-6-10;1-9-5(8)3-2-4(6)7;1-2;/h5-6H,2-4,7-12H2,1H3;11H,1-9H2;2-3H,1H3,(H,6,7);1H3;1H/b6-5+;;3-2+;;. The Morgan fingerprint density at radius 3 is 1.50 bits per heavy atom. The van der Waals surface area contributed by atoms with Gasteiger partial charge in [0, 0.05) is 57.1 Å². The Bertz CT molecular complexity index is 774. The van der Waals surface area contributed by atoms with Gasteiger partial charge in [0.05, 0.1) is 47.3 Å². The number of carbonyl (C=O) groups is 4. The van der Waals surface area contributed by atoms with Crippen LogP contribution in [0, 0.1) is 0 Å². The molecule has 2 saturated heterocycles. The molecule has 15 heteroatoms. The maximum atomic E-state index is 11.2. The van der Waals surface area contributed by atoms with Gasteiger partial charge in [-0.15, -0.1) is 24.0 Å². The molecule has 2 fully saturated rings. The Kier molecular flexibility index (Phi) is 38.6. The van der Waals surface area contributed by atoms with Crippen LogP contribution in [0.2, 0.25) is 0 Å². The van der Waals surface area contributed by atoms with Crippen LogP contribution < -0.4 is 0 Å². The van der Waals surface area contributed by atoms with Gasteiger partial charge in [0.1, 0.15) is 0 Å². The number of rotatable bonds is 15. The van der Waals surface area contributed by atoms with Gasteiger partial charge < -0.3 is 33.9 Å². The maximum Gasteiger partial charge on any atom is 0.331 e. The molecule has 0 spiro atoms. The normalized spacial score (nSPS) is 14.8. The van der Waals surface area contributed by atoms with Gasteiger partial charge in [-0.25, -0.2) is 19.2 Å². The zero-order valence-electron chi connectivity index (χ0n) is 26.3. The smallest absolute Gasteiger partial charge is 0.331 e. The largest absolute Gasteiger partial charge is 0.478 e. The third kappa shape index (κ3) is 33.5. The zero-order chi connectivity index (χ0) is 32.6. The van der Waals surface area contributed by atoms with Crippen LogP contribution >= 0.6 is 46.6 Å². The number of halogens is 2. The fourth-order valence-corrected chi connectivity index (χ4v) is 3.52. The van der Waals surface area contributed by atoms with Gasteiger partial charge in [0.25, 0.3) is 0 Å². The molecule has 0 aromatic rings. The molecule has 0 saturated carbocycles. The first-order chi connectivity index (χ1) is 20.8. The third-order valence-corrected chi connectivity index (χ3v) is 5.82. The van der Waals surface area contributed by atoms with Crippen LogP contribution in [-0.2, 0) is 42.9 Å². The van der Waals surface area contributed by atoms with Crippen LogP contribution in [0.15, 0.2) is 24.3 Å². The molecule has 258 valence electrons. The first-order valence-electron chi connectivity index (χ1n) is 14.3. The van der Waals surface area contributed by atoms with Crippen molar-refractivity contribution in [1.29, 1.82) is 0 Å². The van der Waals surface area contributed by atoms with Gasteiger partial charge in [-0.2, -0.15) is 0 Å². The second-order valence-electron chi connectivity index (χ2n) is 8.97. The van der Waals surface area contributed by atoms with Crippen molar-refractivity contribution in [1.82, 2.24) is 9.80 Å². The molecular formula is C29H52I2N2O11. The first kappa shape index (κ1) is 47.0. The van der Waals surface area contributed by atoms with E-state index in [2.05, 4.69) is 41.9 Å². The topological polar surface area (TPSA) is 161 Å². The number of hydrogen-bond acceptors (Lipinski definition) is 12. The van der Waals surface area contributed by atoms with E-state index in [0.29, 0.717) is 19.3 Å². The number of alkyl halides is 1. The molecule has 0 atom stereocenters. The van der Waals surface area contributed by atoms with Crippen molar-refractivity contribution in [2.24, 2.45) is 0 Å². The summed E-state index contributed by atoms with van der Waals surface area (Å²) < 4.78 is 24.0. The number of unbranched alkanes of at least 4 members (excludes halogenated alkanes) is 4. The molecule has 2 N–H and O–H groups in total. The van der Waals surface area contributed by atoms with Gasteiger partial charge >= 0.3 is 23.9 Å². The molecule has 2 heterocycles. The molecule has 2 aliphatic rings. The molecule has 44 heavy (non-hydrogen) atoms. The highest BCUT2D eigenvalue weighted by atomic mass is 127. The number of aliphatic hydroxyl groups is 1. The summed E-state index contributed by atoms with van der Waals surface area (Å²) in [5.41, 5.74) is 0. The fraction of sp³-hybridized carbons (Fsp3) is 0.724. The Morgan fingerprint density at radius 2 is 1.09 bits per heavy atom. The number of carbonyl (C=O) groups excluding carboxylic acids is 3. The minimum Gasteiger partial charge on any atom is -0.478 e. The minimum absolute atomic E-state index is 0. The second-order valence-corrected chi connectivity index (χ2v) is 8.97. The van der Waals surface area contributed by atoms with Crippen molar-refractivity contribution in [2.75, 3.05) is 98.1 Å². The molecule has 0 radical (unpaired) electrons. The van der Waals surface area contributed by atoms with E-state index in [9.17, 15) is 19.2 Å². The Hall–Kier alpha value is -1.38. The van der Waals surface area contributed by atoms with E-state index in [1.807, 2.05) is 4.93 Å². The molecule has 0 unspecified atom stereocenters. The molecule has 0 amide bonds. The fourth-order valence-electron chi connectivity index (χ4n) is 3.52. The third-order valence-electron chi connectivity index (χ3n) is 5.82. The summed E-state index contributed by atoms with van der Waals surface area (Å²) >= 11 is 2.15. The van der Waals surface area contributed by atoms with Gasteiger partial charge in [-0.05, 0) is 56.5 Å². The Labute approximate surface area is 292 Å². The van der Waals surface area contributed by atoms with E-state index in [0.717, 1.165) is 109 Å². The Balaban J connectivity index is -0.000000599. The lowest BCUT2D eigenvalue weighted by Gasteiger charge is -2.26. The van der Waals surface area contributed by atoms with E-state index < -0.39 is 23.9 Å². The quantitative estimate of drug-likeness (QED) is 0.0619. The van der Waals surface area contributed by atoms with Crippen molar-refractivity contribution in [3.63, 3.8) is 0 Å². The summed E-state index contributed by atoms with van der Waals surface area (Å²) in [4.78, 5) is 48.6. The number of esters is 3. The number of hydrogen-bond donors (Lipinski definition) is 2. The van der Waals surface area contributed by atoms with Crippen molar-refractivity contribution in [3.05, 3.63) is 24.3 Å². The lowest BCUT2D eigenvalue weighted by Crippen LogP contribution is -2.36. The molecule has 2 aliphatic heterocycles. The summed E-state index contributed by atoms with van der Waals surface area (Å²) in [6, 6.07) is 0. The highest BCUT2D eigenvalue weighted by Crippen LogP contribution is 2.03. The number of morpholine rings is 2. The Morgan fingerprint density at radius 1 is 0.682 bits per heavy atom. The van der Waals surface area contributed by atoms with Crippen LogP contribution in [0.3, 0.4) is 0 Å². The summed E-state index contributed by atoms with van der Waals surface area (Å²) in [5.74, 6) is -2.91. The summed E-state index contributed by atoms with van der Waals surface area (Å²) in [6.45, 7) is 10.6. The van der Waals surface area contributed by atoms with Gasteiger partial charge in [-0.3, -0.25) is 9.80 Å². The zero-order valence-corrected chi connectivity index (χ0v) is 30.8. The predicted molar refractivity (Wildman–Crippen MR) is 186 cm³/mol. The average Bonchev–Trinajstić information content (AvgIpc) is 3.05. The van der Waals surface area contributed by atoms with Crippen LogP contribution in [0.4, 0.5) is 0 Å². The summed E-state index contributed by atoms with van der Waals surface area (Å²) in [5, 5.41) is 16.5. The predicted octanol–water partition coefficient (Wildman–Crippen LogP) is 2.71. The summed E-state index contributed by atoms with van der Waals surface area (Å²) in [7, 11) is 2.43. The van der Waals surface area contributed by atoms with E-state index in [1.165, 1.54) is 27.2 Å². The van der Waals surface area contributed by atoms with Crippen LogP contribution in [0.25, 0.3) is 0 Å². The number of carboxylic acid groups (broad SMARTS) is 1. The van der Waals surface area contributed by atoms with Crippen molar-refractivity contribution < 1.29 is 53.1 Å². The summed E-state index contributed by atoms with van der Waals surface area (Å²) in [6.07, 6.45) is 9.94. The van der Waals surface area contributed by atoms with Crippen molar-refractivity contribution >= 4 is 70.4 Å². The molecule has 13 nitrogen and oxygen atoms in total. The van der Waals surface area contributed by atoms with Crippen LogP contribution in [0.5, 0.6) is 0 Å². The molecule has 2 rings (SSSR count). The highest BCUT2D eigenvalue weighted by Gasteiger charge is 2.10. The van der Waals surface area contributed by atoms with Gasteiger partial charge in [0.15, 0.2) is 0 Å². The first-order valence-corrected chi connectivity index (χ1v) is 16.5. The molecule has 0 aromatic heterocycles. The number of nitrogens with zero attached hydrogens (tertiary/aromatic N) is 2. The number of methoxy groups -OCH3 is 2. The number of ether oxygens (including phenoxy) is 5. The lowest BCUT2D eigenvalue weighted by atomic mass is 10.2. The minimum atomic E-state index is -1.17. The van der Waals surface area contributed by atoms with Crippen LogP contribution in [0.1, 0.15) is 38.5 Å². The van der Waals surface area contributed by atoms with E-state index >= 15 is 0 Å². The maximum absolute atomic E-state index is 11.2. The van der Waals surface area contributed by atoms with Gasteiger partial charge in [0.2, 0.25) is 0 Å². The van der Waals surface area contributed by atoms with E-state index in [4.69, 9.17) is 24.4 Å².